The third-order valence-corrected chi connectivity index (χ3v) is 4.44. The van der Waals surface area contributed by atoms with Crippen LogP contribution in [0.15, 0.2) is 10.1 Å². The van der Waals surface area contributed by atoms with Gasteiger partial charge < -0.3 is 10.4 Å². The quantitative estimate of drug-likeness (QED) is 0.868. The molecule has 1 aliphatic heterocycles. The lowest BCUT2D eigenvalue weighted by Crippen LogP contribution is -2.30. The van der Waals surface area contributed by atoms with Crippen molar-refractivity contribution in [2.75, 3.05) is 13.1 Å². The third-order valence-electron chi connectivity index (χ3n) is 2.65. The highest BCUT2D eigenvalue weighted by Gasteiger charge is 2.25. The van der Waals surface area contributed by atoms with Crippen molar-refractivity contribution in [3.63, 3.8) is 0 Å². The summed E-state index contributed by atoms with van der Waals surface area (Å²) in [6.07, 6.45) is 1.75. The van der Waals surface area contributed by atoms with Gasteiger partial charge in [0.05, 0.1) is 16.5 Å². The lowest BCUT2D eigenvalue weighted by Gasteiger charge is -2.26. The van der Waals surface area contributed by atoms with E-state index in [1.165, 1.54) is 11.3 Å². The molecule has 3 nitrogen and oxygen atoms in total. The summed E-state index contributed by atoms with van der Waals surface area (Å²) >= 11 is 4.88. The first-order chi connectivity index (χ1) is 6.79. The molecule has 1 aromatic heterocycles. The van der Waals surface area contributed by atoms with Crippen molar-refractivity contribution in [2.45, 2.75) is 18.9 Å². The van der Waals surface area contributed by atoms with Crippen LogP contribution in [0.1, 0.15) is 23.8 Å². The fourth-order valence-corrected chi connectivity index (χ4v) is 3.31. The lowest BCUT2D eigenvalue weighted by molar-refractivity contribution is 0.0913. The van der Waals surface area contributed by atoms with Crippen LogP contribution >= 0.6 is 27.3 Å². The van der Waals surface area contributed by atoms with Gasteiger partial charge >= 0.3 is 0 Å². The monoisotopic (exact) mass is 276 g/mol. The molecule has 0 aromatic carbocycles. The normalized spacial score (nSPS) is 21.0. The van der Waals surface area contributed by atoms with Crippen molar-refractivity contribution in [1.82, 2.24) is 10.3 Å². The number of nitrogens with zero attached hydrogens (tertiary/aromatic N) is 1. The Kier molecular flexibility index (Phi) is 3.54. The Morgan fingerprint density at radius 3 is 2.86 bits per heavy atom. The number of nitrogens with one attached hydrogen (secondary N) is 1. The number of aromatic nitrogens is 1. The first-order valence-corrected chi connectivity index (χ1v) is 6.44. The van der Waals surface area contributed by atoms with Gasteiger partial charge in [-0.15, -0.1) is 11.3 Å². The fourth-order valence-electron chi connectivity index (χ4n) is 1.81. The summed E-state index contributed by atoms with van der Waals surface area (Å²) in [6.45, 7) is 2.02. The zero-order valence-corrected chi connectivity index (χ0v) is 10.1. The molecule has 0 spiro atoms. The van der Waals surface area contributed by atoms with Crippen LogP contribution in [0, 0.1) is 5.92 Å². The molecule has 0 amide bonds. The van der Waals surface area contributed by atoms with Gasteiger partial charge in [0.15, 0.2) is 0 Å². The van der Waals surface area contributed by atoms with E-state index in [-0.39, 0.29) is 6.10 Å². The van der Waals surface area contributed by atoms with Crippen molar-refractivity contribution in [2.24, 2.45) is 5.92 Å². The second kappa shape index (κ2) is 4.70. The number of aliphatic hydroxyl groups excluding tert-OH is 1. The predicted molar refractivity (Wildman–Crippen MR) is 60.4 cm³/mol. The van der Waals surface area contributed by atoms with E-state index in [9.17, 15) is 5.11 Å². The Morgan fingerprint density at radius 1 is 1.57 bits per heavy atom. The molecule has 1 aromatic rings. The molecule has 2 rings (SSSR count). The van der Waals surface area contributed by atoms with Crippen molar-refractivity contribution in [3.05, 3.63) is 15.0 Å². The number of piperidine rings is 1. The number of thiazole rings is 1. The average Bonchev–Trinajstić information content (AvgIpc) is 2.65. The molecular formula is C9H13BrN2OS. The fraction of sp³-hybridized carbons (Fsp3) is 0.667. The molecule has 78 valence electrons. The molecule has 0 bridgehead atoms. The summed E-state index contributed by atoms with van der Waals surface area (Å²) in [7, 11) is 0. The van der Waals surface area contributed by atoms with Crippen LogP contribution in [0.2, 0.25) is 0 Å². The number of aliphatic hydroxyl groups is 1. The molecule has 1 fully saturated rings. The molecule has 1 aliphatic rings. The minimum Gasteiger partial charge on any atom is -0.387 e. The third kappa shape index (κ3) is 2.16. The Bertz CT molecular complexity index is 299. The van der Waals surface area contributed by atoms with Gasteiger partial charge in [-0.3, -0.25) is 0 Å². The highest BCUT2D eigenvalue weighted by atomic mass is 79.9. The SMILES string of the molecule is OC(c1scnc1Br)C1CCNCC1. The van der Waals surface area contributed by atoms with Gasteiger partial charge in [-0.05, 0) is 47.8 Å². The maximum atomic E-state index is 10.1. The number of hydrogen-bond acceptors (Lipinski definition) is 4. The molecule has 0 saturated carbocycles. The van der Waals surface area contributed by atoms with Crippen LogP contribution in [-0.2, 0) is 0 Å². The van der Waals surface area contributed by atoms with Crippen LogP contribution in [0.3, 0.4) is 0 Å². The zero-order valence-electron chi connectivity index (χ0n) is 7.74. The Balaban J connectivity index is 2.07. The summed E-state index contributed by atoms with van der Waals surface area (Å²) in [4.78, 5) is 5.06. The van der Waals surface area contributed by atoms with Gasteiger partial charge in [0.1, 0.15) is 4.60 Å². The topological polar surface area (TPSA) is 45.2 Å². The van der Waals surface area contributed by atoms with Gasteiger partial charge in [0.2, 0.25) is 0 Å². The maximum Gasteiger partial charge on any atom is 0.122 e. The molecule has 5 heteroatoms. The largest absolute Gasteiger partial charge is 0.387 e. The van der Waals surface area contributed by atoms with E-state index in [0.717, 1.165) is 35.4 Å². The van der Waals surface area contributed by atoms with E-state index in [0.29, 0.717) is 5.92 Å². The average molecular weight is 277 g/mol. The number of hydrogen-bond donors (Lipinski definition) is 2. The van der Waals surface area contributed by atoms with E-state index < -0.39 is 0 Å². The van der Waals surface area contributed by atoms with Gasteiger partial charge in [0, 0.05) is 0 Å². The van der Waals surface area contributed by atoms with Gasteiger partial charge in [-0.25, -0.2) is 4.98 Å². The second-order valence-corrected chi connectivity index (χ2v) is 5.18. The summed E-state index contributed by atoms with van der Waals surface area (Å²) in [5.41, 5.74) is 1.77. The molecule has 0 aliphatic carbocycles. The van der Waals surface area contributed by atoms with Crippen molar-refractivity contribution >= 4 is 27.3 Å². The van der Waals surface area contributed by atoms with Crippen molar-refractivity contribution in [3.8, 4) is 0 Å². The predicted octanol–water partition coefficient (Wildman–Crippen LogP) is 1.94. The number of rotatable bonds is 2. The smallest absolute Gasteiger partial charge is 0.122 e. The second-order valence-electron chi connectivity index (χ2n) is 3.54. The van der Waals surface area contributed by atoms with E-state index in [4.69, 9.17) is 0 Å². The zero-order chi connectivity index (χ0) is 9.97. The summed E-state index contributed by atoms with van der Waals surface area (Å²) in [5, 5.41) is 13.4. The van der Waals surface area contributed by atoms with Crippen molar-refractivity contribution < 1.29 is 5.11 Å². The van der Waals surface area contributed by atoms with Crippen LogP contribution < -0.4 is 5.32 Å². The summed E-state index contributed by atoms with van der Waals surface area (Å²) in [6, 6.07) is 0. The van der Waals surface area contributed by atoms with Crippen molar-refractivity contribution in [1.29, 1.82) is 0 Å². The van der Waals surface area contributed by atoms with Gasteiger partial charge in [0.25, 0.3) is 0 Å². The standard InChI is InChI=1S/C9H13BrN2OS/c10-9-8(14-5-12-9)7(13)6-1-3-11-4-2-6/h5-7,11,13H,1-4H2. The van der Waals surface area contributed by atoms with Crippen LogP contribution in [0.5, 0.6) is 0 Å². The Labute approximate surface area is 95.7 Å². The van der Waals surface area contributed by atoms with Gasteiger partial charge in [-0.2, -0.15) is 0 Å². The first kappa shape index (κ1) is 10.5. The maximum absolute atomic E-state index is 10.1. The minimum absolute atomic E-state index is 0.348. The Hall–Kier alpha value is 0.0300. The van der Waals surface area contributed by atoms with E-state index in [1.807, 2.05) is 0 Å². The van der Waals surface area contributed by atoms with E-state index >= 15 is 0 Å². The molecule has 0 radical (unpaired) electrons. The van der Waals surface area contributed by atoms with Crippen LogP contribution in [0.25, 0.3) is 0 Å². The van der Waals surface area contributed by atoms with E-state index in [1.54, 1.807) is 5.51 Å². The molecule has 2 N–H and O–H groups in total. The molecule has 14 heavy (non-hydrogen) atoms. The van der Waals surface area contributed by atoms with Crippen LogP contribution in [0.4, 0.5) is 0 Å². The summed E-state index contributed by atoms with van der Waals surface area (Å²) < 4.78 is 0.800. The molecule has 2 heterocycles. The lowest BCUT2D eigenvalue weighted by atomic mass is 9.92. The molecular weight excluding hydrogens is 264 g/mol. The Morgan fingerprint density at radius 2 is 2.29 bits per heavy atom. The number of halogens is 1. The van der Waals surface area contributed by atoms with E-state index in [2.05, 4.69) is 26.2 Å². The molecule has 1 unspecified atom stereocenters. The molecule has 1 atom stereocenters. The summed E-state index contributed by atoms with van der Waals surface area (Å²) in [5.74, 6) is 0.382. The van der Waals surface area contributed by atoms with Gasteiger partial charge in [-0.1, -0.05) is 0 Å². The first-order valence-electron chi connectivity index (χ1n) is 4.76. The highest BCUT2D eigenvalue weighted by Crippen LogP contribution is 2.34. The molecule has 1 saturated heterocycles. The van der Waals surface area contributed by atoms with Crippen LogP contribution in [-0.4, -0.2) is 23.2 Å². The minimum atomic E-state index is -0.348. The highest BCUT2D eigenvalue weighted by molar-refractivity contribution is 9.10.